The number of anilines is 2. The number of hydrogen-bond donors (Lipinski definition) is 2. The molecular weight excluding hydrogens is 266 g/mol. The molecule has 1 aliphatic rings. The Morgan fingerprint density at radius 2 is 2.42 bits per heavy atom. The van der Waals surface area contributed by atoms with E-state index in [2.05, 4.69) is 20.6 Å². The molecule has 1 fully saturated rings. The van der Waals surface area contributed by atoms with Gasteiger partial charge >= 0.3 is 5.69 Å². The maximum Gasteiger partial charge on any atom is 0.329 e. The van der Waals surface area contributed by atoms with Gasteiger partial charge in [-0.05, 0) is 25.5 Å². The number of aromatic nitrogens is 2. The van der Waals surface area contributed by atoms with E-state index in [0.717, 1.165) is 6.42 Å². The van der Waals surface area contributed by atoms with E-state index in [9.17, 15) is 10.1 Å². The van der Waals surface area contributed by atoms with Crippen LogP contribution >= 0.6 is 11.8 Å². The Morgan fingerprint density at radius 3 is 3.05 bits per heavy atom. The summed E-state index contributed by atoms with van der Waals surface area (Å²) >= 11 is 1.90. The third-order valence-corrected chi connectivity index (χ3v) is 4.22. The predicted molar refractivity (Wildman–Crippen MR) is 76.8 cm³/mol. The lowest BCUT2D eigenvalue weighted by Gasteiger charge is -2.11. The summed E-state index contributed by atoms with van der Waals surface area (Å²) in [6, 6.07) is 0. The minimum atomic E-state index is -0.458. The maximum atomic E-state index is 10.9. The van der Waals surface area contributed by atoms with Crippen molar-refractivity contribution in [2.75, 3.05) is 29.5 Å². The highest BCUT2D eigenvalue weighted by Crippen LogP contribution is 2.28. The van der Waals surface area contributed by atoms with Gasteiger partial charge in [-0.3, -0.25) is 10.1 Å². The lowest BCUT2D eigenvalue weighted by Crippen LogP contribution is -2.16. The number of nitrogens with one attached hydrogen (secondary N) is 2. The standard InChI is InChI=1S/C11H17N5O2S/c1-2-12-11-14-7-9(16(17)18)10(15-11)13-6-8-4-3-5-19-8/h7-8H,2-6H2,1H3,(H2,12,13,14,15). The van der Waals surface area contributed by atoms with Crippen molar-refractivity contribution in [2.24, 2.45) is 0 Å². The molecular formula is C11H17N5O2S. The zero-order valence-corrected chi connectivity index (χ0v) is 11.6. The van der Waals surface area contributed by atoms with Gasteiger partial charge in [-0.15, -0.1) is 0 Å². The van der Waals surface area contributed by atoms with Crippen molar-refractivity contribution in [1.82, 2.24) is 9.97 Å². The number of hydrogen-bond acceptors (Lipinski definition) is 7. The van der Waals surface area contributed by atoms with E-state index in [1.807, 2.05) is 18.7 Å². The lowest BCUT2D eigenvalue weighted by atomic mass is 10.2. The number of rotatable bonds is 6. The smallest absolute Gasteiger partial charge is 0.329 e. The summed E-state index contributed by atoms with van der Waals surface area (Å²) in [5, 5.41) is 17.5. The molecule has 2 rings (SSSR count). The van der Waals surface area contributed by atoms with Crippen LogP contribution in [0, 0.1) is 10.1 Å². The average molecular weight is 283 g/mol. The van der Waals surface area contributed by atoms with Crippen LogP contribution in [-0.2, 0) is 0 Å². The molecule has 0 spiro atoms. The fourth-order valence-corrected chi connectivity index (χ4v) is 3.10. The number of nitrogens with zero attached hydrogens (tertiary/aromatic N) is 3. The highest BCUT2D eigenvalue weighted by molar-refractivity contribution is 8.00. The molecule has 1 atom stereocenters. The van der Waals surface area contributed by atoms with Crippen LogP contribution < -0.4 is 10.6 Å². The van der Waals surface area contributed by atoms with Gasteiger partial charge in [-0.2, -0.15) is 16.7 Å². The van der Waals surface area contributed by atoms with Gasteiger partial charge in [0, 0.05) is 18.3 Å². The molecule has 0 aromatic carbocycles. The Bertz CT molecular complexity index is 451. The second kappa shape index (κ2) is 6.55. The van der Waals surface area contributed by atoms with Crippen LogP contribution in [0.3, 0.4) is 0 Å². The fraction of sp³-hybridized carbons (Fsp3) is 0.636. The second-order valence-electron chi connectivity index (χ2n) is 4.23. The molecule has 0 radical (unpaired) electrons. The van der Waals surface area contributed by atoms with E-state index in [1.165, 1.54) is 18.4 Å². The van der Waals surface area contributed by atoms with Crippen LogP contribution in [0.2, 0.25) is 0 Å². The molecule has 0 saturated carbocycles. The molecule has 0 bridgehead atoms. The summed E-state index contributed by atoms with van der Waals surface area (Å²) in [4.78, 5) is 18.6. The third kappa shape index (κ3) is 3.69. The summed E-state index contributed by atoms with van der Waals surface area (Å²) in [5.74, 6) is 1.87. The molecule has 0 amide bonds. The fourth-order valence-electron chi connectivity index (χ4n) is 1.90. The van der Waals surface area contributed by atoms with E-state index >= 15 is 0 Å². The highest BCUT2D eigenvalue weighted by atomic mass is 32.2. The van der Waals surface area contributed by atoms with Gasteiger partial charge in [-0.1, -0.05) is 0 Å². The van der Waals surface area contributed by atoms with Gasteiger partial charge in [0.2, 0.25) is 11.8 Å². The first-order chi connectivity index (χ1) is 9.20. The first-order valence-electron chi connectivity index (χ1n) is 6.31. The third-order valence-electron chi connectivity index (χ3n) is 2.82. The van der Waals surface area contributed by atoms with Crippen molar-refractivity contribution < 1.29 is 4.92 Å². The molecule has 7 nitrogen and oxygen atoms in total. The van der Waals surface area contributed by atoms with Crippen molar-refractivity contribution in [3.63, 3.8) is 0 Å². The minimum absolute atomic E-state index is 0.0790. The first-order valence-corrected chi connectivity index (χ1v) is 7.36. The van der Waals surface area contributed by atoms with Gasteiger partial charge < -0.3 is 10.6 Å². The molecule has 19 heavy (non-hydrogen) atoms. The van der Waals surface area contributed by atoms with E-state index in [-0.39, 0.29) is 5.69 Å². The Balaban J connectivity index is 2.09. The maximum absolute atomic E-state index is 10.9. The van der Waals surface area contributed by atoms with Crippen LogP contribution in [0.1, 0.15) is 19.8 Å². The van der Waals surface area contributed by atoms with Crippen molar-refractivity contribution in [1.29, 1.82) is 0 Å². The molecule has 2 N–H and O–H groups in total. The van der Waals surface area contributed by atoms with Gasteiger partial charge in [-0.25, -0.2) is 4.98 Å². The van der Waals surface area contributed by atoms with Crippen LogP contribution in [0.15, 0.2) is 6.20 Å². The Hall–Kier alpha value is -1.57. The molecule has 1 saturated heterocycles. The predicted octanol–water partition coefficient (Wildman–Crippen LogP) is 2.12. The summed E-state index contributed by atoms with van der Waals surface area (Å²) in [7, 11) is 0. The van der Waals surface area contributed by atoms with Crippen LogP contribution in [0.25, 0.3) is 0 Å². The Morgan fingerprint density at radius 1 is 1.58 bits per heavy atom. The van der Waals surface area contributed by atoms with Crippen molar-refractivity contribution in [3.05, 3.63) is 16.3 Å². The van der Waals surface area contributed by atoms with Gasteiger partial charge in [0.25, 0.3) is 0 Å². The largest absolute Gasteiger partial charge is 0.363 e. The van der Waals surface area contributed by atoms with Gasteiger partial charge in [0.1, 0.15) is 6.20 Å². The highest BCUT2D eigenvalue weighted by Gasteiger charge is 2.20. The molecule has 104 valence electrons. The Kier molecular flexibility index (Phi) is 4.78. The van der Waals surface area contributed by atoms with Gasteiger partial charge in [0.15, 0.2) is 0 Å². The van der Waals surface area contributed by atoms with Crippen molar-refractivity contribution in [2.45, 2.75) is 25.0 Å². The average Bonchev–Trinajstić information content (AvgIpc) is 2.89. The molecule has 1 aromatic rings. The quantitative estimate of drug-likeness (QED) is 0.610. The Labute approximate surface area is 115 Å². The van der Waals surface area contributed by atoms with E-state index < -0.39 is 4.92 Å². The zero-order valence-electron chi connectivity index (χ0n) is 10.8. The number of thioether (sulfide) groups is 1. The number of nitro groups is 1. The minimum Gasteiger partial charge on any atom is -0.363 e. The zero-order chi connectivity index (χ0) is 13.7. The van der Waals surface area contributed by atoms with Crippen molar-refractivity contribution >= 4 is 29.2 Å². The second-order valence-corrected chi connectivity index (χ2v) is 5.64. The van der Waals surface area contributed by atoms with Crippen LogP contribution in [0.4, 0.5) is 17.5 Å². The normalized spacial score (nSPS) is 18.3. The van der Waals surface area contributed by atoms with Gasteiger partial charge in [0.05, 0.1) is 4.92 Å². The molecule has 2 heterocycles. The summed E-state index contributed by atoms with van der Waals surface area (Å²) in [6.45, 7) is 3.30. The summed E-state index contributed by atoms with van der Waals surface area (Å²) < 4.78 is 0. The lowest BCUT2D eigenvalue weighted by molar-refractivity contribution is -0.384. The molecule has 8 heteroatoms. The van der Waals surface area contributed by atoms with Crippen molar-refractivity contribution in [3.8, 4) is 0 Å². The monoisotopic (exact) mass is 283 g/mol. The van der Waals surface area contributed by atoms with Crippen LogP contribution in [0.5, 0.6) is 0 Å². The summed E-state index contributed by atoms with van der Waals surface area (Å²) in [6.07, 6.45) is 3.61. The molecule has 1 aromatic heterocycles. The topological polar surface area (TPSA) is 93.0 Å². The van der Waals surface area contributed by atoms with E-state index in [0.29, 0.717) is 30.1 Å². The molecule has 1 unspecified atom stereocenters. The summed E-state index contributed by atoms with van der Waals surface area (Å²) in [5.41, 5.74) is -0.0790. The van der Waals surface area contributed by atoms with E-state index in [4.69, 9.17) is 0 Å². The van der Waals surface area contributed by atoms with E-state index in [1.54, 1.807) is 0 Å². The SMILES string of the molecule is CCNc1ncc([N+](=O)[O-])c(NCC2CCCS2)n1. The first kappa shape index (κ1) is 13.9. The molecule has 0 aliphatic carbocycles. The van der Waals surface area contributed by atoms with Crippen LogP contribution in [-0.4, -0.2) is 39.0 Å². The molecule has 1 aliphatic heterocycles.